The fourth-order valence-electron chi connectivity index (χ4n) is 1.87. The number of hydrogen-bond acceptors (Lipinski definition) is 4. The smallest absolute Gasteiger partial charge is 0.246 e. The van der Waals surface area contributed by atoms with Crippen LogP contribution in [0.5, 0.6) is 0 Å². The summed E-state index contributed by atoms with van der Waals surface area (Å²) in [6.45, 7) is 8.32. The number of benzene rings is 1. The highest BCUT2D eigenvalue weighted by Gasteiger charge is 2.24. The molecular weight excluding hydrogens is 282 g/mol. The van der Waals surface area contributed by atoms with E-state index >= 15 is 0 Å². The van der Waals surface area contributed by atoms with Crippen LogP contribution in [0.25, 0.3) is 0 Å². The maximum absolute atomic E-state index is 11.8. The fraction of sp³-hybridized carbons (Fsp3) is 0.375. The number of nitrogens with two attached hydrogens (primary N) is 1. The van der Waals surface area contributed by atoms with E-state index in [1.165, 1.54) is 5.56 Å². The van der Waals surface area contributed by atoms with Crippen LogP contribution in [0.2, 0.25) is 0 Å². The van der Waals surface area contributed by atoms with Crippen molar-refractivity contribution in [2.45, 2.75) is 39.2 Å². The van der Waals surface area contributed by atoms with E-state index in [2.05, 4.69) is 31.1 Å². The summed E-state index contributed by atoms with van der Waals surface area (Å²) in [6.07, 6.45) is 0. The van der Waals surface area contributed by atoms with E-state index < -0.39 is 11.9 Å². The van der Waals surface area contributed by atoms with Crippen molar-refractivity contribution < 1.29 is 4.79 Å². The predicted octanol–water partition coefficient (Wildman–Crippen LogP) is 3.39. The summed E-state index contributed by atoms with van der Waals surface area (Å²) in [6, 6.07) is 7.23. The van der Waals surface area contributed by atoms with Gasteiger partial charge in [0.1, 0.15) is 6.04 Å². The molecule has 0 saturated carbocycles. The number of rotatable bonds is 4. The third kappa shape index (κ3) is 3.82. The van der Waals surface area contributed by atoms with Crippen LogP contribution in [-0.4, -0.2) is 10.9 Å². The van der Waals surface area contributed by atoms with Crippen LogP contribution in [-0.2, 0) is 10.2 Å². The predicted molar refractivity (Wildman–Crippen MR) is 87.6 cm³/mol. The molecule has 112 valence electrons. The van der Waals surface area contributed by atoms with Crippen molar-refractivity contribution in [3.63, 3.8) is 0 Å². The van der Waals surface area contributed by atoms with E-state index in [1.807, 2.05) is 36.6 Å². The third-order valence-electron chi connectivity index (χ3n) is 3.11. The summed E-state index contributed by atoms with van der Waals surface area (Å²) < 4.78 is 0. The van der Waals surface area contributed by atoms with E-state index in [4.69, 9.17) is 5.73 Å². The molecule has 3 N–H and O–H groups in total. The van der Waals surface area contributed by atoms with Gasteiger partial charge in [-0.3, -0.25) is 4.79 Å². The second kappa shape index (κ2) is 5.85. The minimum atomic E-state index is -0.611. The van der Waals surface area contributed by atoms with E-state index in [1.54, 1.807) is 11.3 Å². The minimum absolute atomic E-state index is 0.0328. The molecule has 0 bridgehead atoms. The van der Waals surface area contributed by atoms with Gasteiger partial charge in [0.05, 0.1) is 10.7 Å². The van der Waals surface area contributed by atoms with Crippen molar-refractivity contribution in [2.24, 2.45) is 5.73 Å². The molecule has 0 aliphatic heterocycles. The highest BCUT2D eigenvalue weighted by Crippen LogP contribution is 2.29. The zero-order chi connectivity index (χ0) is 15.6. The molecule has 1 unspecified atom stereocenters. The van der Waals surface area contributed by atoms with Gasteiger partial charge in [-0.2, -0.15) is 0 Å². The van der Waals surface area contributed by atoms with Gasteiger partial charge in [-0.25, -0.2) is 4.98 Å². The van der Waals surface area contributed by atoms with E-state index in [9.17, 15) is 4.79 Å². The molecule has 1 atom stereocenters. The van der Waals surface area contributed by atoms with E-state index in [-0.39, 0.29) is 5.41 Å². The van der Waals surface area contributed by atoms with Crippen LogP contribution in [0.4, 0.5) is 5.69 Å². The first-order valence-electron chi connectivity index (χ1n) is 6.86. The number of hydrogen-bond donors (Lipinski definition) is 2. The van der Waals surface area contributed by atoms with Gasteiger partial charge in [0.15, 0.2) is 0 Å². The molecule has 4 nitrogen and oxygen atoms in total. The largest absolute Gasteiger partial charge is 0.369 e. The molecule has 2 rings (SSSR count). The maximum Gasteiger partial charge on any atom is 0.246 e. The lowest BCUT2D eigenvalue weighted by Gasteiger charge is -2.16. The lowest BCUT2D eigenvalue weighted by Crippen LogP contribution is -2.28. The monoisotopic (exact) mass is 303 g/mol. The summed E-state index contributed by atoms with van der Waals surface area (Å²) >= 11 is 1.56. The van der Waals surface area contributed by atoms with Crippen LogP contribution in [0.1, 0.15) is 43.1 Å². The van der Waals surface area contributed by atoms with Gasteiger partial charge in [-0.15, -0.1) is 11.3 Å². The number of thiazole rings is 1. The van der Waals surface area contributed by atoms with Crippen molar-refractivity contribution in [1.82, 2.24) is 4.98 Å². The first-order valence-corrected chi connectivity index (χ1v) is 7.74. The number of carbonyl (C=O) groups excluding carboxylic acids is 1. The minimum Gasteiger partial charge on any atom is -0.369 e. The summed E-state index contributed by atoms with van der Waals surface area (Å²) in [5, 5.41) is 6.05. The second-order valence-electron chi connectivity index (χ2n) is 6.17. The average molecular weight is 303 g/mol. The SMILES string of the molecule is Cc1ccc(NC(C(N)=O)c2csc(C(C)(C)C)n2)cc1. The number of nitrogens with zero attached hydrogens (tertiary/aromatic N) is 1. The molecule has 0 radical (unpaired) electrons. The highest BCUT2D eigenvalue weighted by molar-refractivity contribution is 7.09. The second-order valence-corrected chi connectivity index (χ2v) is 7.03. The van der Waals surface area contributed by atoms with Gasteiger partial charge in [-0.1, -0.05) is 38.5 Å². The molecule has 1 aromatic carbocycles. The first kappa shape index (κ1) is 15.5. The molecule has 0 saturated heterocycles. The lowest BCUT2D eigenvalue weighted by atomic mass is 9.98. The Morgan fingerprint density at radius 3 is 2.38 bits per heavy atom. The number of carbonyl (C=O) groups is 1. The summed E-state index contributed by atoms with van der Waals surface area (Å²) in [7, 11) is 0. The van der Waals surface area contributed by atoms with Gasteiger partial charge in [-0.05, 0) is 19.1 Å². The van der Waals surface area contributed by atoms with Crippen molar-refractivity contribution in [3.8, 4) is 0 Å². The maximum atomic E-state index is 11.8. The number of aryl methyl sites for hydroxylation is 1. The van der Waals surface area contributed by atoms with Gasteiger partial charge in [0.25, 0.3) is 0 Å². The Morgan fingerprint density at radius 2 is 1.90 bits per heavy atom. The first-order chi connectivity index (χ1) is 9.77. The highest BCUT2D eigenvalue weighted by atomic mass is 32.1. The van der Waals surface area contributed by atoms with Gasteiger partial charge in [0, 0.05) is 16.5 Å². The van der Waals surface area contributed by atoms with Crippen molar-refractivity contribution in [3.05, 3.63) is 45.9 Å². The zero-order valence-corrected chi connectivity index (χ0v) is 13.6. The quantitative estimate of drug-likeness (QED) is 0.909. The third-order valence-corrected chi connectivity index (χ3v) is 4.39. The Balaban J connectivity index is 2.25. The normalized spacial score (nSPS) is 13.0. The fourth-order valence-corrected chi connectivity index (χ4v) is 2.80. The molecule has 0 spiro atoms. The van der Waals surface area contributed by atoms with Crippen molar-refractivity contribution >= 4 is 22.9 Å². The van der Waals surface area contributed by atoms with Gasteiger partial charge >= 0.3 is 0 Å². The Morgan fingerprint density at radius 1 is 1.29 bits per heavy atom. The molecule has 1 aromatic heterocycles. The molecule has 5 heteroatoms. The van der Waals surface area contributed by atoms with Crippen LogP contribution in [0.3, 0.4) is 0 Å². The molecule has 0 aliphatic carbocycles. The molecule has 0 fully saturated rings. The molecule has 0 aliphatic rings. The topological polar surface area (TPSA) is 68.0 Å². The van der Waals surface area contributed by atoms with Crippen LogP contribution in [0.15, 0.2) is 29.6 Å². The Bertz CT molecular complexity index is 626. The zero-order valence-electron chi connectivity index (χ0n) is 12.8. The summed E-state index contributed by atoms with van der Waals surface area (Å²) in [5.74, 6) is -0.429. The molecular formula is C16H21N3OS. The standard InChI is InChI=1S/C16H21N3OS/c1-10-5-7-11(8-6-10)18-13(14(17)20)12-9-21-15(19-12)16(2,3)4/h5-9,13,18H,1-4H3,(H2,17,20). The molecule has 21 heavy (non-hydrogen) atoms. The summed E-state index contributed by atoms with van der Waals surface area (Å²) in [4.78, 5) is 16.3. The van der Waals surface area contributed by atoms with Crippen molar-refractivity contribution in [1.29, 1.82) is 0 Å². The number of anilines is 1. The Labute approximate surface area is 129 Å². The van der Waals surface area contributed by atoms with Crippen LogP contribution >= 0.6 is 11.3 Å². The molecule has 1 amide bonds. The Kier molecular flexibility index (Phi) is 4.32. The summed E-state index contributed by atoms with van der Waals surface area (Å²) in [5.41, 5.74) is 8.20. The lowest BCUT2D eigenvalue weighted by molar-refractivity contribution is -0.118. The van der Waals surface area contributed by atoms with E-state index in [0.29, 0.717) is 5.69 Å². The molecule has 2 aromatic rings. The van der Waals surface area contributed by atoms with Crippen molar-refractivity contribution in [2.75, 3.05) is 5.32 Å². The number of nitrogens with one attached hydrogen (secondary N) is 1. The van der Waals surface area contributed by atoms with Gasteiger partial charge in [0.2, 0.25) is 5.91 Å². The molecule has 1 heterocycles. The Hall–Kier alpha value is -1.88. The van der Waals surface area contributed by atoms with Gasteiger partial charge < -0.3 is 11.1 Å². The number of primary amides is 1. The number of aromatic nitrogens is 1. The average Bonchev–Trinajstić information content (AvgIpc) is 2.87. The number of amides is 1. The van der Waals surface area contributed by atoms with Crippen LogP contribution in [0, 0.1) is 6.92 Å². The van der Waals surface area contributed by atoms with E-state index in [0.717, 1.165) is 10.7 Å². The van der Waals surface area contributed by atoms with Crippen LogP contribution < -0.4 is 11.1 Å².